The van der Waals surface area contributed by atoms with Crippen LogP contribution in [0.15, 0.2) is 54.6 Å². The SMILES string of the molecule is CCCCOc1ccc(-c2ccc(C=CC(=O)OC)cc2)cc1. The molecule has 0 aliphatic rings. The summed E-state index contributed by atoms with van der Waals surface area (Å²) in [6.45, 7) is 2.91. The number of esters is 1. The number of carbonyl (C=O) groups excluding carboxylic acids is 1. The molecule has 3 heteroatoms. The Bertz CT molecular complexity index is 640. The molecule has 0 unspecified atom stereocenters. The second kappa shape index (κ2) is 8.79. The molecule has 23 heavy (non-hydrogen) atoms. The molecule has 0 N–H and O–H groups in total. The Labute approximate surface area is 137 Å². The van der Waals surface area contributed by atoms with E-state index in [0.717, 1.165) is 41.9 Å². The summed E-state index contributed by atoms with van der Waals surface area (Å²) in [7, 11) is 1.37. The van der Waals surface area contributed by atoms with Crippen LogP contribution in [-0.2, 0) is 9.53 Å². The molecule has 0 amide bonds. The summed E-state index contributed by atoms with van der Waals surface area (Å²) in [5.74, 6) is 0.549. The summed E-state index contributed by atoms with van der Waals surface area (Å²) >= 11 is 0. The predicted molar refractivity (Wildman–Crippen MR) is 93.3 cm³/mol. The second-order valence-corrected chi connectivity index (χ2v) is 5.20. The van der Waals surface area contributed by atoms with Gasteiger partial charge in [0.1, 0.15) is 5.75 Å². The van der Waals surface area contributed by atoms with E-state index < -0.39 is 0 Å². The van der Waals surface area contributed by atoms with Gasteiger partial charge in [-0.3, -0.25) is 0 Å². The van der Waals surface area contributed by atoms with Gasteiger partial charge >= 0.3 is 5.97 Å². The molecule has 3 nitrogen and oxygen atoms in total. The van der Waals surface area contributed by atoms with E-state index in [4.69, 9.17) is 4.74 Å². The Balaban J connectivity index is 2.01. The minimum absolute atomic E-state index is 0.354. The van der Waals surface area contributed by atoms with Crippen molar-refractivity contribution in [2.24, 2.45) is 0 Å². The maximum absolute atomic E-state index is 11.1. The number of benzene rings is 2. The Hall–Kier alpha value is -2.55. The van der Waals surface area contributed by atoms with Crippen molar-refractivity contribution in [3.8, 4) is 16.9 Å². The van der Waals surface area contributed by atoms with Crippen LogP contribution in [0.3, 0.4) is 0 Å². The third kappa shape index (κ3) is 5.29. The third-order valence-electron chi connectivity index (χ3n) is 3.48. The highest BCUT2D eigenvalue weighted by molar-refractivity contribution is 5.87. The van der Waals surface area contributed by atoms with Gasteiger partial charge in [0, 0.05) is 6.08 Å². The van der Waals surface area contributed by atoms with Crippen LogP contribution in [0.2, 0.25) is 0 Å². The van der Waals surface area contributed by atoms with Crippen LogP contribution in [0, 0.1) is 0 Å². The van der Waals surface area contributed by atoms with Crippen LogP contribution in [0.25, 0.3) is 17.2 Å². The lowest BCUT2D eigenvalue weighted by molar-refractivity contribution is -0.134. The molecule has 2 aromatic carbocycles. The van der Waals surface area contributed by atoms with Gasteiger partial charge in [0.05, 0.1) is 13.7 Å². The number of rotatable bonds is 7. The van der Waals surface area contributed by atoms with Gasteiger partial charge < -0.3 is 9.47 Å². The third-order valence-corrected chi connectivity index (χ3v) is 3.48. The van der Waals surface area contributed by atoms with Crippen LogP contribution < -0.4 is 4.74 Å². The van der Waals surface area contributed by atoms with Crippen LogP contribution in [0.4, 0.5) is 0 Å². The van der Waals surface area contributed by atoms with E-state index in [9.17, 15) is 4.79 Å². The number of ether oxygens (including phenoxy) is 2. The lowest BCUT2D eigenvalue weighted by atomic mass is 10.0. The number of unbranched alkanes of at least 4 members (excludes halogenated alkanes) is 1. The van der Waals surface area contributed by atoms with E-state index in [-0.39, 0.29) is 5.97 Å². The summed E-state index contributed by atoms with van der Waals surface area (Å²) < 4.78 is 10.2. The van der Waals surface area contributed by atoms with Crippen molar-refractivity contribution in [2.75, 3.05) is 13.7 Å². The van der Waals surface area contributed by atoms with Crippen LogP contribution in [0.1, 0.15) is 25.3 Å². The molecular formula is C20H22O3. The predicted octanol–water partition coefficient (Wildman–Crippen LogP) is 4.72. The number of carbonyl (C=O) groups is 1. The lowest BCUT2D eigenvalue weighted by Gasteiger charge is -2.07. The molecule has 0 fully saturated rings. The van der Waals surface area contributed by atoms with E-state index >= 15 is 0 Å². The van der Waals surface area contributed by atoms with E-state index in [2.05, 4.69) is 23.8 Å². The largest absolute Gasteiger partial charge is 0.494 e. The highest BCUT2D eigenvalue weighted by Crippen LogP contribution is 2.23. The number of hydrogen-bond donors (Lipinski definition) is 0. The quantitative estimate of drug-likeness (QED) is 0.422. The van der Waals surface area contributed by atoms with Gasteiger partial charge in [-0.05, 0) is 41.3 Å². The van der Waals surface area contributed by atoms with Crippen LogP contribution in [0.5, 0.6) is 5.75 Å². The molecule has 0 saturated heterocycles. The first-order chi connectivity index (χ1) is 11.2. The Kier molecular flexibility index (Phi) is 6.42. The zero-order valence-corrected chi connectivity index (χ0v) is 13.6. The summed E-state index contributed by atoms with van der Waals surface area (Å²) in [6, 6.07) is 16.1. The van der Waals surface area contributed by atoms with Crippen molar-refractivity contribution in [3.63, 3.8) is 0 Å². The Morgan fingerprint density at radius 3 is 2.17 bits per heavy atom. The molecule has 2 aromatic rings. The van der Waals surface area contributed by atoms with Gasteiger partial charge in [0.2, 0.25) is 0 Å². The molecule has 0 heterocycles. The second-order valence-electron chi connectivity index (χ2n) is 5.20. The average Bonchev–Trinajstić information content (AvgIpc) is 2.61. The Morgan fingerprint density at radius 2 is 1.61 bits per heavy atom. The van der Waals surface area contributed by atoms with Gasteiger partial charge in [-0.25, -0.2) is 4.79 Å². The van der Waals surface area contributed by atoms with Crippen molar-refractivity contribution >= 4 is 12.0 Å². The fraction of sp³-hybridized carbons (Fsp3) is 0.250. The van der Waals surface area contributed by atoms with Gasteiger partial charge in [-0.2, -0.15) is 0 Å². The number of hydrogen-bond acceptors (Lipinski definition) is 3. The lowest BCUT2D eigenvalue weighted by Crippen LogP contribution is -1.95. The number of methoxy groups -OCH3 is 1. The van der Waals surface area contributed by atoms with Gasteiger partial charge in [0.25, 0.3) is 0 Å². The van der Waals surface area contributed by atoms with Crippen molar-refractivity contribution in [2.45, 2.75) is 19.8 Å². The Morgan fingerprint density at radius 1 is 1.00 bits per heavy atom. The first kappa shape index (κ1) is 16.8. The summed E-state index contributed by atoms with van der Waals surface area (Å²) in [5.41, 5.74) is 3.22. The first-order valence-electron chi connectivity index (χ1n) is 7.82. The summed E-state index contributed by atoms with van der Waals surface area (Å²) in [4.78, 5) is 11.1. The van der Waals surface area contributed by atoms with Crippen LogP contribution >= 0.6 is 0 Å². The fourth-order valence-corrected chi connectivity index (χ4v) is 2.10. The van der Waals surface area contributed by atoms with Crippen molar-refractivity contribution in [3.05, 3.63) is 60.2 Å². The molecular weight excluding hydrogens is 288 g/mol. The van der Waals surface area contributed by atoms with Crippen LogP contribution in [-0.4, -0.2) is 19.7 Å². The normalized spacial score (nSPS) is 10.7. The molecule has 0 bridgehead atoms. The van der Waals surface area contributed by atoms with Crippen molar-refractivity contribution in [1.29, 1.82) is 0 Å². The minimum Gasteiger partial charge on any atom is -0.494 e. The topological polar surface area (TPSA) is 35.5 Å². The van der Waals surface area contributed by atoms with Crippen molar-refractivity contribution in [1.82, 2.24) is 0 Å². The zero-order chi connectivity index (χ0) is 16.5. The molecule has 0 atom stereocenters. The molecule has 0 aliphatic carbocycles. The molecule has 0 aromatic heterocycles. The first-order valence-corrected chi connectivity index (χ1v) is 7.82. The smallest absolute Gasteiger partial charge is 0.330 e. The van der Waals surface area contributed by atoms with Gasteiger partial charge in [-0.15, -0.1) is 0 Å². The molecule has 0 saturated carbocycles. The molecule has 0 aliphatic heterocycles. The standard InChI is InChI=1S/C20H22O3/c1-3-4-15-23-19-12-10-18(11-13-19)17-8-5-16(6-9-17)7-14-20(21)22-2/h5-14H,3-4,15H2,1-2H3. The van der Waals surface area contributed by atoms with E-state index in [1.165, 1.54) is 13.2 Å². The van der Waals surface area contributed by atoms with Gasteiger partial charge in [0.15, 0.2) is 0 Å². The highest BCUT2D eigenvalue weighted by Gasteiger charge is 1.99. The monoisotopic (exact) mass is 310 g/mol. The maximum atomic E-state index is 11.1. The highest BCUT2D eigenvalue weighted by atomic mass is 16.5. The fourth-order valence-electron chi connectivity index (χ4n) is 2.10. The summed E-state index contributed by atoms with van der Waals surface area (Å²) in [5, 5.41) is 0. The van der Waals surface area contributed by atoms with E-state index in [1.807, 2.05) is 36.4 Å². The molecule has 0 radical (unpaired) electrons. The van der Waals surface area contributed by atoms with Gasteiger partial charge in [-0.1, -0.05) is 49.7 Å². The summed E-state index contributed by atoms with van der Waals surface area (Å²) in [6.07, 6.45) is 5.36. The molecule has 120 valence electrons. The maximum Gasteiger partial charge on any atom is 0.330 e. The van der Waals surface area contributed by atoms with Crippen molar-refractivity contribution < 1.29 is 14.3 Å². The van der Waals surface area contributed by atoms with E-state index in [0.29, 0.717) is 0 Å². The molecule has 0 spiro atoms. The minimum atomic E-state index is -0.354. The zero-order valence-electron chi connectivity index (χ0n) is 13.6. The molecule has 2 rings (SSSR count). The van der Waals surface area contributed by atoms with E-state index in [1.54, 1.807) is 6.08 Å². The average molecular weight is 310 g/mol.